The van der Waals surface area contributed by atoms with Crippen LogP contribution in [0.4, 0.5) is 0 Å². The molecule has 3 N–H and O–H groups in total. The molecule has 0 amide bonds. The van der Waals surface area contributed by atoms with Crippen molar-refractivity contribution in [2.45, 2.75) is 6.92 Å². The Morgan fingerprint density at radius 2 is 2.29 bits per heavy atom. The van der Waals surface area contributed by atoms with Gasteiger partial charge in [0.05, 0.1) is 0 Å². The van der Waals surface area contributed by atoms with Crippen molar-refractivity contribution in [3.8, 4) is 0 Å². The van der Waals surface area contributed by atoms with Crippen LogP contribution in [0.1, 0.15) is 5.69 Å². The maximum Gasteiger partial charge on any atom is 0.0115 e. The summed E-state index contributed by atoms with van der Waals surface area (Å²) in [6.45, 7) is 2.03. The molecule has 0 aliphatic heterocycles. The Hall–Kier alpha value is -0.760. The van der Waals surface area contributed by atoms with Crippen molar-refractivity contribution in [2.75, 3.05) is 0 Å². The fourth-order valence-electron chi connectivity index (χ4n) is 0.420. The monoisotopic (exact) mass is 99.1 g/mol. The smallest absolute Gasteiger partial charge is 0.0115 e. The van der Waals surface area contributed by atoms with Crippen LogP contribution in [0.5, 0.6) is 0 Å². The number of H-pyrrole nitrogens is 1. The highest BCUT2D eigenvalue weighted by molar-refractivity contribution is 4.99. The number of aromatic nitrogens is 1. The van der Waals surface area contributed by atoms with Crippen molar-refractivity contribution < 1.29 is 5.48 Å². The minimum atomic E-state index is 0. The first-order valence-corrected chi connectivity index (χ1v) is 1.99. The predicted molar refractivity (Wildman–Crippen MR) is 29.1 cm³/mol. The third kappa shape index (κ3) is 1.41. The van der Waals surface area contributed by atoms with Gasteiger partial charge in [0.2, 0.25) is 0 Å². The molecule has 1 rings (SSSR count). The van der Waals surface area contributed by atoms with Gasteiger partial charge in [-0.25, -0.2) is 0 Å². The van der Waals surface area contributed by atoms with Crippen molar-refractivity contribution in [2.24, 2.45) is 0 Å². The van der Waals surface area contributed by atoms with Crippen molar-refractivity contribution >= 4 is 0 Å². The summed E-state index contributed by atoms with van der Waals surface area (Å²) in [5.74, 6) is 0. The molecule has 0 fully saturated rings. The second-order valence-electron chi connectivity index (χ2n) is 1.35. The standard InChI is InChI=1S/C5H7N.H2O/c1-5-3-2-4-6-5;/h2-4,6H,1H3;1H2. The third-order valence-corrected chi connectivity index (χ3v) is 0.753. The lowest BCUT2D eigenvalue weighted by Crippen LogP contribution is -1.59. The molecule has 1 aromatic heterocycles. The van der Waals surface area contributed by atoms with Gasteiger partial charge in [-0.1, -0.05) is 0 Å². The second-order valence-corrected chi connectivity index (χ2v) is 1.35. The first-order chi connectivity index (χ1) is 2.89. The van der Waals surface area contributed by atoms with Crippen LogP contribution in [0.3, 0.4) is 0 Å². The van der Waals surface area contributed by atoms with Gasteiger partial charge in [0.25, 0.3) is 0 Å². The Labute approximate surface area is 42.5 Å². The first kappa shape index (κ1) is 6.24. The van der Waals surface area contributed by atoms with Gasteiger partial charge < -0.3 is 10.5 Å². The van der Waals surface area contributed by atoms with E-state index in [2.05, 4.69) is 4.98 Å². The summed E-state index contributed by atoms with van der Waals surface area (Å²) in [4.78, 5) is 3.00. The van der Waals surface area contributed by atoms with Crippen LogP contribution < -0.4 is 0 Å². The van der Waals surface area contributed by atoms with Gasteiger partial charge in [-0.05, 0) is 19.1 Å². The average Bonchev–Trinajstić information content (AvgIpc) is 1.86. The van der Waals surface area contributed by atoms with Crippen molar-refractivity contribution in [1.82, 2.24) is 4.98 Å². The van der Waals surface area contributed by atoms with Crippen molar-refractivity contribution in [1.29, 1.82) is 0 Å². The fourth-order valence-corrected chi connectivity index (χ4v) is 0.420. The number of nitrogens with one attached hydrogen (secondary N) is 1. The molecule has 0 aliphatic rings. The third-order valence-electron chi connectivity index (χ3n) is 0.753. The van der Waals surface area contributed by atoms with E-state index in [4.69, 9.17) is 0 Å². The zero-order valence-corrected chi connectivity index (χ0v) is 4.23. The molecule has 0 radical (unpaired) electrons. The molecular formula is C5H9NO. The van der Waals surface area contributed by atoms with E-state index in [9.17, 15) is 0 Å². The van der Waals surface area contributed by atoms with Crippen LogP contribution >= 0.6 is 0 Å². The van der Waals surface area contributed by atoms with Gasteiger partial charge in [0, 0.05) is 11.9 Å². The molecule has 40 valence electrons. The van der Waals surface area contributed by atoms with E-state index >= 15 is 0 Å². The molecule has 2 heteroatoms. The Balaban J connectivity index is 0.000000360. The summed E-state index contributed by atoms with van der Waals surface area (Å²) in [7, 11) is 0. The number of hydrogen-bond acceptors (Lipinski definition) is 0. The zero-order chi connectivity index (χ0) is 4.41. The zero-order valence-electron chi connectivity index (χ0n) is 4.23. The Morgan fingerprint density at radius 3 is 2.43 bits per heavy atom. The van der Waals surface area contributed by atoms with Crippen molar-refractivity contribution in [3.05, 3.63) is 24.0 Å². The minimum Gasteiger partial charge on any atom is -0.412 e. The summed E-state index contributed by atoms with van der Waals surface area (Å²) < 4.78 is 0. The number of hydrogen-bond donors (Lipinski definition) is 1. The van der Waals surface area contributed by atoms with Crippen molar-refractivity contribution in [3.63, 3.8) is 0 Å². The molecule has 0 aliphatic carbocycles. The molecule has 0 atom stereocenters. The summed E-state index contributed by atoms with van der Waals surface area (Å²) in [5, 5.41) is 0. The Kier molecular flexibility index (Phi) is 2.16. The maximum atomic E-state index is 3.00. The maximum absolute atomic E-state index is 3.00. The molecule has 1 heterocycles. The Morgan fingerprint density at radius 1 is 1.57 bits per heavy atom. The highest BCUT2D eigenvalue weighted by Crippen LogP contribution is 1.86. The predicted octanol–water partition coefficient (Wildman–Crippen LogP) is 0.498. The number of aryl methyl sites for hydroxylation is 1. The van der Waals surface area contributed by atoms with Gasteiger partial charge in [-0.15, -0.1) is 0 Å². The molecule has 0 aromatic carbocycles. The molecule has 0 saturated heterocycles. The van der Waals surface area contributed by atoms with E-state index in [1.54, 1.807) is 0 Å². The van der Waals surface area contributed by atoms with Crippen LogP contribution in [-0.2, 0) is 0 Å². The van der Waals surface area contributed by atoms with E-state index in [1.807, 2.05) is 25.3 Å². The summed E-state index contributed by atoms with van der Waals surface area (Å²) in [5.41, 5.74) is 1.22. The second kappa shape index (κ2) is 2.42. The quantitative estimate of drug-likeness (QED) is 0.492. The van der Waals surface area contributed by atoms with Crippen LogP contribution in [0.2, 0.25) is 0 Å². The molecule has 1 aromatic rings. The molecular weight excluding hydrogens is 90.1 g/mol. The lowest BCUT2D eigenvalue weighted by atomic mass is 10.5. The first-order valence-electron chi connectivity index (χ1n) is 1.99. The largest absolute Gasteiger partial charge is 0.412 e. The average molecular weight is 99.1 g/mol. The van der Waals surface area contributed by atoms with E-state index < -0.39 is 0 Å². The molecule has 0 bridgehead atoms. The van der Waals surface area contributed by atoms with E-state index in [1.165, 1.54) is 5.69 Å². The van der Waals surface area contributed by atoms with E-state index in [-0.39, 0.29) is 5.48 Å². The van der Waals surface area contributed by atoms with Crippen LogP contribution in [0, 0.1) is 6.92 Å². The number of aromatic amines is 1. The van der Waals surface area contributed by atoms with E-state index in [0.29, 0.717) is 0 Å². The summed E-state index contributed by atoms with van der Waals surface area (Å²) in [6, 6.07) is 4.01. The lowest BCUT2D eigenvalue weighted by molar-refractivity contribution is 0.824. The van der Waals surface area contributed by atoms with Crippen LogP contribution in [0.25, 0.3) is 0 Å². The molecule has 0 spiro atoms. The van der Waals surface area contributed by atoms with Crippen LogP contribution in [0.15, 0.2) is 18.3 Å². The van der Waals surface area contributed by atoms with Gasteiger partial charge in [0.15, 0.2) is 0 Å². The van der Waals surface area contributed by atoms with Gasteiger partial charge in [-0.3, -0.25) is 0 Å². The topological polar surface area (TPSA) is 47.3 Å². The molecule has 7 heavy (non-hydrogen) atoms. The highest BCUT2D eigenvalue weighted by atomic mass is 16.0. The fraction of sp³-hybridized carbons (Fsp3) is 0.200. The Bertz CT molecular complexity index is 112. The normalized spacial score (nSPS) is 7.57. The minimum absolute atomic E-state index is 0. The number of rotatable bonds is 0. The van der Waals surface area contributed by atoms with Gasteiger partial charge in [0.1, 0.15) is 0 Å². The SMILES string of the molecule is Cc1ccc[nH]1.O. The summed E-state index contributed by atoms with van der Waals surface area (Å²) >= 11 is 0. The lowest BCUT2D eigenvalue weighted by Gasteiger charge is -1.70. The summed E-state index contributed by atoms with van der Waals surface area (Å²) in [6.07, 6.45) is 1.91. The van der Waals surface area contributed by atoms with Gasteiger partial charge in [-0.2, -0.15) is 0 Å². The molecule has 0 unspecified atom stereocenters. The molecule has 2 nitrogen and oxygen atoms in total. The van der Waals surface area contributed by atoms with E-state index in [0.717, 1.165) is 0 Å². The highest BCUT2D eigenvalue weighted by Gasteiger charge is 1.72. The molecule has 0 saturated carbocycles. The van der Waals surface area contributed by atoms with Gasteiger partial charge >= 0.3 is 0 Å². The van der Waals surface area contributed by atoms with Crippen LogP contribution in [-0.4, -0.2) is 10.5 Å².